The second-order valence-corrected chi connectivity index (χ2v) is 5.70. The monoisotopic (exact) mass is 368 g/mol. The van der Waals surface area contributed by atoms with Crippen LogP contribution in [-0.2, 0) is 0 Å². The quantitative estimate of drug-likeness (QED) is 0.545. The van der Waals surface area contributed by atoms with Gasteiger partial charge in [0.15, 0.2) is 0 Å². The minimum absolute atomic E-state index is 0.342. The Morgan fingerprint density at radius 1 is 1.13 bits per heavy atom. The number of aromatic amines is 1. The lowest BCUT2D eigenvalue weighted by molar-refractivity contribution is 0.0950. The first-order valence-electron chi connectivity index (χ1n) is 6.92. The van der Waals surface area contributed by atoms with Crippen molar-refractivity contribution in [2.45, 2.75) is 0 Å². The minimum Gasteiger partial charge on any atom is -0.272 e. The number of benzene rings is 2. The number of carbonyl (C=O) groups is 1. The van der Waals surface area contributed by atoms with Gasteiger partial charge in [-0.2, -0.15) is 10.2 Å². The molecule has 5 nitrogen and oxygen atoms in total. The molecule has 0 spiro atoms. The summed E-state index contributed by atoms with van der Waals surface area (Å²) in [6.07, 6.45) is 1.58. The highest BCUT2D eigenvalue weighted by atomic mass is 79.9. The molecule has 0 radical (unpaired) electrons. The van der Waals surface area contributed by atoms with Gasteiger partial charge in [-0.05, 0) is 23.8 Å². The maximum atomic E-state index is 12.0. The summed E-state index contributed by atoms with van der Waals surface area (Å²) in [5.74, 6) is -0.342. The first-order valence-corrected chi connectivity index (χ1v) is 7.71. The van der Waals surface area contributed by atoms with E-state index in [0.29, 0.717) is 11.4 Å². The van der Waals surface area contributed by atoms with Crippen LogP contribution in [0.1, 0.15) is 16.1 Å². The van der Waals surface area contributed by atoms with Gasteiger partial charge >= 0.3 is 0 Å². The zero-order valence-electron chi connectivity index (χ0n) is 12.0. The first kappa shape index (κ1) is 15.2. The van der Waals surface area contributed by atoms with Gasteiger partial charge in [-0.15, -0.1) is 0 Å². The molecular formula is C17H13BrN4O. The van der Waals surface area contributed by atoms with Crippen molar-refractivity contribution in [1.29, 1.82) is 0 Å². The van der Waals surface area contributed by atoms with Gasteiger partial charge in [0.2, 0.25) is 0 Å². The number of amides is 1. The zero-order valence-corrected chi connectivity index (χ0v) is 13.6. The molecular weight excluding hydrogens is 356 g/mol. The first-order chi connectivity index (χ1) is 11.2. The van der Waals surface area contributed by atoms with Crippen LogP contribution >= 0.6 is 15.9 Å². The van der Waals surface area contributed by atoms with Crippen LogP contribution in [0.2, 0.25) is 0 Å². The fourth-order valence-corrected chi connectivity index (χ4v) is 2.42. The van der Waals surface area contributed by atoms with Gasteiger partial charge in [0.05, 0.1) is 11.9 Å². The second-order valence-electron chi connectivity index (χ2n) is 4.79. The van der Waals surface area contributed by atoms with Crippen LogP contribution in [0.4, 0.5) is 0 Å². The summed E-state index contributed by atoms with van der Waals surface area (Å²) in [6.45, 7) is 0. The summed E-state index contributed by atoms with van der Waals surface area (Å²) in [4.78, 5) is 12.0. The Morgan fingerprint density at radius 3 is 2.74 bits per heavy atom. The van der Waals surface area contributed by atoms with Crippen LogP contribution in [0, 0.1) is 0 Å². The highest BCUT2D eigenvalue weighted by Gasteiger charge is 2.09. The number of hydrazone groups is 1. The Balaban J connectivity index is 1.66. The third-order valence-corrected chi connectivity index (χ3v) is 3.61. The topological polar surface area (TPSA) is 70.1 Å². The maximum absolute atomic E-state index is 12.0. The summed E-state index contributed by atoms with van der Waals surface area (Å²) in [6, 6.07) is 19.0. The lowest BCUT2D eigenvalue weighted by Gasteiger charge is -1.96. The molecule has 23 heavy (non-hydrogen) atoms. The Morgan fingerprint density at radius 2 is 1.96 bits per heavy atom. The number of H-pyrrole nitrogens is 1. The van der Waals surface area contributed by atoms with E-state index in [1.165, 1.54) is 0 Å². The van der Waals surface area contributed by atoms with Crippen LogP contribution in [0.15, 0.2) is 70.2 Å². The SMILES string of the molecule is O=C(N/N=C\c1cccc(Br)c1)c1cc(-c2ccccc2)n[nH]1. The summed E-state index contributed by atoms with van der Waals surface area (Å²) >= 11 is 3.38. The molecule has 0 saturated carbocycles. The van der Waals surface area contributed by atoms with Gasteiger partial charge in [0, 0.05) is 10.0 Å². The van der Waals surface area contributed by atoms with Crippen molar-refractivity contribution < 1.29 is 4.79 Å². The molecule has 3 aromatic rings. The van der Waals surface area contributed by atoms with Crippen molar-refractivity contribution in [1.82, 2.24) is 15.6 Å². The molecule has 0 aliphatic carbocycles. The van der Waals surface area contributed by atoms with E-state index in [0.717, 1.165) is 15.6 Å². The molecule has 1 aromatic heterocycles. The Kier molecular flexibility index (Phi) is 4.63. The molecule has 2 aromatic carbocycles. The van der Waals surface area contributed by atoms with E-state index in [1.807, 2.05) is 54.6 Å². The number of nitrogens with zero attached hydrogens (tertiary/aromatic N) is 2. The molecule has 0 fully saturated rings. The average molecular weight is 369 g/mol. The highest BCUT2D eigenvalue weighted by Crippen LogP contribution is 2.16. The third kappa shape index (κ3) is 3.92. The van der Waals surface area contributed by atoms with E-state index in [9.17, 15) is 4.79 Å². The number of rotatable bonds is 4. The van der Waals surface area contributed by atoms with Gasteiger partial charge in [0.25, 0.3) is 5.91 Å². The fourth-order valence-electron chi connectivity index (χ4n) is 2.01. The van der Waals surface area contributed by atoms with E-state index in [2.05, 4.69) is 36.7 Å². The molecule has 2 N–H and O–H groups in total. The minimum atomic E-state index is -0.342. The van der Waals surface area contributed by atoms with Crippen molar-refractivity contribution in [3.63, 3.8) is 0 Å². The number of nitrogens with one attached hydrogen (secondary N) is 2. The molecule has 0 atom stereocenters. The molecule has 1 heterocycles. The van der Waals surface area contributed by atoms with Crippen LogP contribution in [0.3, 0.4) is 0 Å². The summed E-state index contributed by atoms with van der Waals surface area (Å²) in [5.41, 5.74) is 5.38. The van der Waals surface area contributed by atoms with E-state index < -0.39 is 0 Å². The summed E-state index contributed by atoms with van der Waals surface area (Å²) < 4.78 is 0.953. The Hall–Kier alpha value is -2.73. The average Bonchev–Trinajstić information content (AvgIpc) is 3.06. The predicted molar refractivity (Wildman–Crippen MR) is 93.2 cm³/mol. The molecule has 114 valence electrons. The number of halogens is 1. The fraction of sp³-hybridized carbons (Fsp3) is 0. The van der Waals surface area contributed by atoms with Crippen molar-refractivity contribution >= 4 is 28.1 Å². The smallest absolute Gasteiger partial charge is 0.272 e. The van der Waals surface area contributed by atoms with E-state index in [1.54, 1.807) is 12.3 Å². The number of aromatic nitrogens is 2. The molecule has 6 heteroatoms. The molecule has 3 rings (SSSR count). The zero-order chi connectivity index (χ0) is 16.1. The van der Waals surface area contributed by atoms with Crippen molar-refractivity contribution in [2.75, 3.05) is 0 Å². The van der Waals surface area contributed by atoms with Crippen molar-refractivity contribution in [3.05, 3.63) is 76.4 Å². The van der Waals surface area contributed by atoms with Gasteiger partial charge in [0.1, 0.15) is 5.69 Å². The maximum Gasteiger partial charge on any atom is 0.289 e. The molecule has 0 unspecified atom stereocenters. The second kappa shape index (κ2) is 7.02. The molecule has 0 aliphatic heterocycles. The normalized spacial score (nSPS) is 10.8. The molecule has 0 bridgehead atoms. The number of carbonyl (C=O) groups excluding carboxylic acids is 1. The van der Waals surface area contributed by atoms with E-state index >= 15 is 0 Å². The van der Waals surface area contributed by atoms with Crippen LogP contribution < -0.4 is 5.43 Å². The van der Waals surface area contributed by atoms with Gasteiger partial charge in [-0.25, -0.2) is 5.43 Å². The lowest BCUT2D eigenvalue weighted by atomic mass is 10.1. The predicted octanol–water partition coefficient (Wildman–Crippen LogP) is 3.60. The molecule has 0 saturated heterocycles. The highest BCUT2D eigenvalue weighted by molar-refractivity contribution is 9.10. The largest absolute Gasteiger partial charge is 0.289 e. The van der Waals surface area contributed by atoms with Gasteiger partial charge in [-0.1, -0.05) is 58.4 Å². The molecule has 0 aliphatic rings. The van der Waals surface area contributed by atoms with E-state index in [-0.39, 0.29) is 5.91 Å². The number of hydrogen-bond acceptors (Lipinski definition) is 3. The summed E-state index contributed by atoms with van der Waals surface area (Å²) in [5, 5.41) is 10.8. The standard InChI is InChI=1S/C17H13BrN4O/c18-14-8-4-5-12(9-14)11-19-22-17(23)16-10-15(20-21-16)13-6-2-1-3-7-13/h1-11H,(H,20,21)(H,22,23)/b19-11-. The van der Waals surface area contributed by atoms with Crippen molar-refractivity contribution in [3.8, 4) is 11.3 Å². The van der Waals surface area contributed by atoms with Crippen LogP contribution in [-0.4, -0.2) is 22.3 Å². The molecule has 1 amide bonds. The Bertz CT molecular complexity index is 843. The van der Waals surface area contributed by atoms with E-state index in [4.69, 9.17) is 0 Å². The lowest BCUT2D eigenvalue weighted by Crippen LogP contribution is -2.17. The van der Waals surface area contributed by atoms with Crippen LogP contribution in [0.25, 0.3) is 11.3 Å². The summed E-state index contributed by atoms with van der Waals surface area (Å²) in [7, 11) is 0. The van der Waals surface area contributed by atoms with Gasteiger partial charge in [-0.3, -0.25) is 9.89 Å². The number of hydrogen-bond donors (Lipinski definition) is 2. The Labute approximate surface area is 141 Å². The third-order valence-electron chi connectivity index (χ3n) is 3.12. The van der Waals surface area contributed by atoms with Crippen molar-refractivity contribution in [2.24, 2.45) is 5.10 Å². The van der Waals surface area contributed by atoms with Crippen LogP contribution in [0.5, 0.6) is 0 Å². The van der Waals surface area contributed by atoms with Gasteiger partial charge < -0.3 is 0 Å².